The van der Waals surface area contributed by atoms with Gasteiger partial charge in [0.05, 0.1) is 6.54 Å². The van der Waals surface area contributed by atoms with Crippen molar-refractivity contribution in [1.29, 1.82) is 0 Å². The first-order chi connectivity index (χ1) is 7.78. The molecule has 2 rings (SSSR count). The number of hydrogen-bond acceptors (Lipinski definition) is 7. The molecular formula is C9H12N6O. The van der Waals surface area contributed by atoms with Crippen molar-refractivity contribution in [2.24, 2.45) is 0 Å². The van der Waals surface area contributed by atoms with Crippen molar-refractivity contribution in [3.05, 3.63) is 24.1 Å². The Bertz CT molecular complexity index is 455. The summed E-state index contributed by atoms with van der Waals surface area (Å²) in [5, 5.41) is 6.72. The first-order valence-corrected chi connectivity index (χ1v) is 4.90. The zero-order valence-electron chi connectivity index (χ0n) is 8.84. The average Bonchev–Trinajstić information content (AvgIpc) is 2.78. The van der Waals surface area contributed by atoms with E-state index in [4.69, 9.17) is 5.73 Å². The van der Waals surface area contributed by atoms with Crippen LogP contribution in [0.4, 0.5) is 11.6 Å². The van der Waals surface area contributed by atoms with Crippen molar-refractivity contribution in [2.45, 2.75) is 19.9 Å². The normalized spacial score (nSPS) is 10.3. The molecule has 7 nitrogen and oxygen atoms in total. The van der Waals surface area contributed by atoms with Crippen LogP contribution in [0.1, 0.15) is 18.6 Å². The van der Waals surface area contributed by atoms with Crippen LogP contribution in [-0.4, -0.2) is 20.1 Å². The molecule has 0 saturated heterocycles. The molecule has 0 bridgehead atoms. The maximum atomic E-state index is 5.64. The van der Waals surface area contributed by atoms with Gasteiger partial charge in [-0.25, -0.2) is 9.97 Å². The lowest BCUT2D eigenvalue weighted by molar-refractivity contribution is 0.411. The molecule has 3 N–H and O–H groups in total. The van der Waals surface area contributed by atoms with Crippen LogP contribution in [0.25, 0.3) is 0 Å². The van der Waals surface area contributed by atoms with Gasteiger partial charge in [0.15, 0.2) is 5.82 Å². The highest BCUT2D eigenvalue weighted by molar-refractivity contribution is 5.44. The van der Waals surface area contributed by atoms with E-state index >= 15 is 0 Å². The minimum absolute atomic E-state index is 0.441. The Morgan fingerprint density at radius 1 is 1.38 bits per heavy atom. The van der Waals surface area contributed by atoms with E-state index in [0.29, 0.717) is 29.8 Å². The Hall–Kier alpha value is -2.18. The standard InChI is InChI=1S/C9H12N6O/c1-2-7-13-6(10)3-8(14-7)11-4-9-12-5-16-15-9/h3,5H,2,4H2,1H3,(H3,10,11,13,14). The Labute approximate surface area is 92.1 Å². The Morgan fingerprint density at radius 2 is 2.25 bits per heavy atom. The summed E-state index contributed by atoms with van der Waals surface area (Å²) in [6.07, 6.45) is 2.02. The van der Waals surface area contributed by atoms with Crippen LogP contribution in [0.15, 0.2) is 17.0 Å². The topological polar surface area (TPSA) is 103 Å². The molecule has 16 heavy (non-hydrogen) atoms. The highest BCUT2D eigenvalue weighted by atomic mass is 16.5. The summed E-state index contributed by atoms with van der Waals surface area (Å²) in [6, 6.07) is 1.67. The predicted molar refractivity (Wildman–Crippen MR) is 57.4 cm³/mol. The minimum Gasteiger partial charge on any atom is -0.384 e. The van der Waals surface area contributed by atoms with Crippen LogP contribution in [0.3, 0.4) is 0 Å². The van der Waals surface area contributed by atoms with E-state index in [0.717, 1.165) is 6.42 Å². The Balaban J connectivity index is 2.06. The molecule has 0 fully saturated rings. The molecule has 0 spiro atoms. The molecule has 0 atom stereocenters. The second kappa shape index (κ2) is 4.56. The van der Waals surface area contributed by atoms with Gasteiger partial charge in [-0.3, -0.25) is 0 Å². The molecule has 7 heteroatoms. The Kier molecular flexibility index (Phi) is 2.95. The van der Waals surface area contributed by atoms with Gasteiger partial charge in [-0.15, -0.1) is 0 Å². The zero-order valence-corrected chi connectivity index (χ0v) is 8.84. The maximum Gasteiger partial charge on any atom is 0.213 e. The molecule has 84 valence electrons. The van der Waals surface area contributed by atoms with Gasteiger partial charge in [0.25, 0.3) is 0 Å². The highest BCUT2D eigenvalue weighted by Gasteiger charge is 2.02. The number of anilines is 2. The summed E-state index contributed by atoms with van der Waals surface area (Å²) in [6.45, 7) is 2.41. The molecule has 0 saturated carbocycles. The molecule has 0 radical (unpaired) electrons. The summed E-state index contributed by atoms with van der Waals surface area (Å²) in [5.74, 6) is 2.38. The third-order valence-corrected chi connectivity index (χ3v) is 1.94. The summed E-state index contributed by atoms with van der Waals surface area (Å²) in [7, 11) is 0. The van der Waals surface area contributed by atoms with E-state index < -0.39 is 0 Å². The molecule has 2 heterocycles. The van der Waals surface area contributed by atoms with E-state index in [1.54, 1.807) is 6.07 Å². The minimum atomic E-state index is 0.441. The van der Waals surface area contributed by atoms with Crippen LogP contribution in [0, 0.1) is 0 Å². The predicted octanol–water partition coefficient (Wildman–Crippen LogP) is 0.616. The third kappa shape index (κ3) is 2.44. The highest BCUT2D eigenvalue weighted by Crippen LogP contribution is 2.09. The number of aryl methyl sites for hydroxylation is 1. The summed E-state index contributed by atoms with van der Waals surface area (Å²) in [4.78, 5) is 12.2. The number of aromatic nitrogens is 4. The maximum absolute atomic E-state index is 5.64. The molecule has 0 aliphatic heterocycles. The van der Waals surface area contributed by atoms with Crippen molar-refractivity contribution in [3.63, 3.8) is 0 Å². The van der Waals surface area contributed by atoms with Crippen LogP contribution in [-0.2, 0) is 13.0 Å². The fourth-order valence-corrected chi connectivity index (χ4v) is 1.21. The first-order valence-electron chi connectivity index (χ1n) is 4.90. The van der Waals surface area contributed by atoms with Crippen molar-refractivity contribution < 1.29 is 4.52 Å². The molecule has 0 aliphatic carbocycles. The number of rotatable bonds is 4. The molecule has 0 unspecified atom stereocenters. The van der Waals surface area contributed by atoms with Crippen LogP contribution in [0.2, 0.25) is 0 Å². The van der Waals surface area contributed by atoms with Gasteiger partial charge < -0.3 is 15.6 Å². The summed E-state index contributed by atoms with van der Waals surface area (Å²) >= 11 is 0. The van der Waals surface area contributed by atoms with Gasteiger partial charge in [0.1, 0.15) is 17.5 Å². The van der Waals surface area contributed by atoms with E-state index in [2.05, 4.69) is 29.9 Å². The summed E-state index contributed by atoms with van der Waals surface area (Å²) < 4.78 is 4.61. The van der Waals surface area contributed by atoms with Crippen molar-refractivity contribution >= 4 is 11.6 Å². The van der Waals surface area contributed by atoms with Gasteiger partial charge in [0.2, 0.25) is 6.39 Å². The van der Waals surface area contributed by atoms with Crippen molar-refractivity contribution in [1.82, 2.24) is 20.1 Å². The van der Waals surface area contributed by atoms with Crippen LogP contribution >= 0.6 is 0 Å². The molecule has 2 aromatic rings. The monoisotopic (exact) mass is 220 g/mol. The lowest BCUT2D eigenvalue weighted by Crippen LogP contribution is -2.06. The van der Waals surface area contributed by atoms with Gasteiger partial charge in [-0.1, -0.05) is 12.1 Å². The van der Waals surface area contributed by atoms with Crippen molar-refractivity contribution in [2.75, 3.05) is 11.1 Å². The molecule has 0 amide bonds. The number of hydrogen-bond donors (Lipinski definition) is 2. The number of nitrogens with two attached hydrogens (primary N) is 1. The van der Waals surface area contributed by atoms with E-state index in [1.807, 2.05) is 6.92 Å². The van der Waals surface area contributed by atoms with Gasteiger partial charge in [0, 0.05) is 12.5 Å². The van der Waals surface area contributed by atoms with Gasteiger partial charge >= 0.3 is 0 Å². The molecule has 0 aromatic carbocycles. The van der Waals surface area contributed by atoms with E-state index in [1.165, 1.54) is 6.39 Å². The SMILES string of the molecule is CCc1nc(N)cc(NCc2ncon2)n1. The quantitative estimate of drug-likeness (QED) is 0.778. The lowest BCUT2D eigenvalue weighted by atomic mass is 10.4. The number of nitrogens with zero attached hydrogens (tertiary/aromatic N) is 4. The number of nitrogen functional groups attached to an aromatic ring is 1. The fourth-order valence-electron chi connectivity index (χ4n) is 1.21. The van der Waals surface area contributed by atoms with Crippen LogP contribution < -0.4 is 11.1 Å². The average molecular weight is 220 g/mol. The van der Waals surface area contributed by atoms with E-state index in [9.17, 15) is 0 Å². The lowest BCUT2D eigenvalue weighted by Gasteiger charge is -2.05. The molecule has 2 aromatic heterocycles. The second-order valence-electron chi connectivity index (χ2n) is 3.15. The number of nitrogens with one attached hydrogen (secondary N) is 1. The molecular weight excluding hydrogens is 208 g/mol. The largest absolute Gasteiger partial charge is 0.384 e. The zero-order chi connectivity index (χ0) is 11.4. The molecule has 0 aliphatic rings. The fraction of sp³-hybridized carbons (Fsp3) is 0.333. The third-order valence-electron chi connectivity index (χ3n) is 1.94. The second-order valence-corrected chi connectivity index (χ2v) is 3.15. The Morgan fingerprint density at radius 3 is 2.94 bits per heavy atom. The summed E-state index contributed by atoms with van der Waals surface area (Å²) in [5.41, 5.74) is 5.64. The smallest absolute Gasteiger partial charge is 0.213 e. The van der Waals surface area contributed by atoms with E-state index in [-0.39, 0.29) is 0 Å². The van der Waals surface area contributed by atoms with Crippen molar-refractivity contribution in [3.8, 4) is 0 Å². The van der Waals surface area contributed by atoms with Crippen LogP contribution in [0.5, 0.6) is 0 Å². The first kappa shape index (κ1) is 10.3. The van der Waals surface area contributed by atoms with Gasteiger partial charge in [-0.05, 0) is 0 Å². The van der Waals surface area contributed by atoms with Gasteiger partial charge in [-0.2, -0.15) is 4.98 Å².